The van der Waals surface area contributed by atoms with E-state index >= 15 is 0 Å². The highest BCUT2D eigenvalue weighted by molar-refractivity contribution is 7.89. The van der Waals surface area contributed by atoms with E-state index in [0.717, 1.165) is 18.4 Å². The van der Waals surface area contributed by atoms with Crippen molar-refractivity contribution in [1.82, 2.24) is 14.5 Å². The number of hydrogen-bond donors (Lipinski definition) is 2. The molecule has 2 N–H and O–H groups in total. The van der Waals surface area contributed by atoms with Gasteiger partial charge in [-0.3, -0.25) is 9.89 Å². The first-order chi connectivity index (χ1) is 13.0. The van der Waals surface area contributed by atoms with Gasteiger partial charge in [-0.1, -0.05) is 29.8 Å². The Morgan fingerprint density at radius 1 is 1.15 bits per heavy atom. The first kappa shape index (κ1) is 18.0. The van der Waals surface area contributed by atoms with E-state index in [1.165, 1.54) is 16.4 Å². The van der Waals surface area contributed by atoms with Crippen LogP contribution in [-0.2, 0) is 10.0 Å². The van der Waals surface area contributed by atoms with Gasteiger partial charge < -0.3 is 5.32 Å². The first-order valence-electron chi connectivity index (χ1n) is 8.51. The van der Waals surface area contributed by atoms with Crippen LogP contribution < -0.4 is 5.32 Å². The van der Waals surface area contributed by atoms with Gasteiger partial charge in [-0.15, -0.1) is 0 Å². The van der Waals surface area contributed by atoms with Crippen molar-refractivity contribution in [3.63, 3.8) is 0 Å². The SMILES string of the molecule is O=C(Nc1ccc(Cl)c(S(=O)(=O)N2CCCC2)c1)c1n[nH]c2ccccc12. The molecular formula is C18H17ClN4O3S. The Balaban J connectivity index is 1.64. The molecule has 1 amide bonds. The molecule has 1 fully saturated rings. The van der Waals surface area contributed by atoms with Crippen molar-refractivity contribution in [3.8, 4) is 0 Å². The lowest BCUT2D eigenvalue weighted by Crippen LogP contribution is -2.28. The highest BCUT2D eigenvalue weighted by Crippen LogP contribution is 2.30. The number of amides is 1. The fraction of sp³-hybridized carbons (Fsp3) is 0.222. The van der Waals surface area contributed by atoms with Crippen LogP contribution in [0.2, 0.25) is 5.02 Å². The zero-order valence-electron chi connectivity index (χ0n) is 14.3. The number of sulfonamides is 1. The Bertz CT molecular complexity index is 1120. The van der Waals surface area contributed by atoms with Crippen molar-refractivity contribution in [1.29, 1.82) is 0 Å². The van der Waals surface area contributed by atoms with Gasteiger partial charge in [-0.2, -0.15) is 9.40 Å². The summed E-state index contributed by atoms with van der Waals surface area (Å²) in [4.78, 5) is 12.6. The summed E-state index contributed by atoms with van der Waals surface area (Å²) in [7, 11) is -3.69. The molecule has 0 radical (unpaired) electrons. The number of carbonyl (C=O) groups excluding carboxylic acids is 1. The Morgan fingerprint density at radius 2 is 1.89 bits per heavy atom. The molecule has 0 saturated carbocycles. The number of aromatic amines is 1. The minimum Gasteiger partial charge on any atom is -0.321 e. The summed E-state index contributed by atoms with van der Waals surface area (Å²) in [5.41, 5.74) is 1.33. The number of H-pyrrole nitrogens is 1. The van der Waals surface area contributed by atoms with Gasteiger partial charge in [0.15, 0.2) is 5.69 Å². The number of nitrogens with one attached hydrogen (secondary N) is 2. The largest absolute Gasteiger partial charge is 0.321 e. The number of halogens is 1. The molecule has 1 aromatic heterocycles. The second-order valence-corrected chi connectivity index (χ2v) is 8.64. The van der Waals surface area contributed by atoms with Crippen LogP contribution >= 0.6 is 11.6 Å². The molecule has 0 bridgehead atoms. The van der Waals surface area contributed by atoms with E-state index in [-0.39, 0.29) is 15.6 Å². The van der Waals surface area contributed by atoms with E-state index in [1.54, 1.807) is 12.1 Å². The summed E-state index contributed by atoms with van der Waals surface area (Å²) in [6.45, 7) is 0.961. The van der Waals surface area contributed by atoms with Gasteiger partial charge in [0, 0.05) is 24.2 Å². The number of aromatic nitrogens is 2. The molecule has 0 aliphatic carbocycles. The van der Waals surface area contributed by atoms with Gasteiger partial charge in [0.2, 0.25) is 10.0 Å². The Morgan fingerprint density at radius 3 is 2.67 bits per heavy atom. The fourth-order valence-corrected chi connectivity index (χ4v) is 5.19. The van der Waals surface area contributed by atoms with Crippen molar-refractivity contribution in [2.45, 2.75) is 17.7 Å². The quantitative estimate of drug-likeness (QED) is 0.697. The Hall–Kier alpha value is -2.42. The third-order valence-corrected chi connectivity index (χ3v) is 6.94. The van der Waals surface area contributed by atoms with Crippen LogP contribution in [0.15, 0.2) is 47.4 Å². The monoisotopic (exact) mass is 404 g/mol. The van der Waals surface area contributed by atoms with Crippen LogP contribution in [0.1, 0.15) is 23.3 Å². The van der Waals surface area contributed by atoms with Crippen molar-refractivity contribution < 1.29 is 13.2 Å². The maximum Gasteiger partial charge on any atom is 0.276 e. The summed E-state index contributed by atoms with van der Waals surface area (Å²) in [5, 5.41) is 10.4. The van der Waals surface area contributed by atoms with E-state index in [1.807, 2.05) is 18.2 Å². The van der Waals surface area contributed by atoms with Crippen LogP contribution in [0.3, 0.4) is 0 Å². The molecular weight excluding hydrogens is 388 g/mol. The standard InChI is InChI=1S/C18H17ClN4O3S/c19-14-8-7-12(11-16(14)27(25,26)23-9-3-4-10-23)20-18(24)17-13-5-1-2-6-15(13)21-22-17/h1-2,5-8,11H,3-4,9-10H2,(H,20,24)(H,21,22). The molecule has 2 heterocycles. The lowest BCUT2D eigenvalue weighted by molar-refractivity contribution is 0.102. The van der Waals surface area contributed by atoms with Crippen LogP contribution in [0.5, 0.6) is 0 Å². The van der Waals surface area contributed by atoms with Crippen molar-refractivity contribution in [2.24, 2.45) is 0 Å². The Labute approximate surface area is 161 Å². The molecule has 27 heavy (non-hydrogen) atoms. The number of benzene rings is 2. The smallest absolute Gasteiger partial charge is 0.276 e. The highest BCUT2D eigenvalue weighted by atomic mass is 35.5. The van der Waals surface area contributed by atoms with Gasteiger partial charge in [-0.05, 0) is 37.1 Å². The molecule has 4 rings (SSSR count). The van der Waals surface area contributed by atoms with Crippen LogP contribution in [0, 0.1) is 0 Å². The average Bonchev–Trinajstić information content (AvgIpc) is 3.33. The molecule has 2 aromatic carbocycles. The van der Waals surface area contributed by atoms with Gasteiger partial charge in [0.05, 0.1) is 10.5 Å². The number of anilines is 1. The number of hydrogen-bond acceptors (Lipinski definition) is 4. The molecule has 7 nitrogen and oxygen atoms in total. The number of fused-ring (bicyclic) bond motifs is 1. The van der Waals surface area contributed by atoms with E-state index < -0.39 is 15.9 Å². The number of para-hydroxylation sites is 1. The lowest BCUT2D eigenvalue weighted by Gasteiger charge is -2.17. The third kappa shape index (κ3) is 3.31. The predicted octanol–water partition coefficient (Wildman–Crippen LogP) is 3.25. The molecule has 1 aliphatic rings. The molecule has 1 saturated heterocycles. The normalized spacial score (nSPS) is 15.3. The lowest BCUT2D eigenvalue weighted by atomic mass is 10.2. The van der Waals surface area contributed by atoms with Crippen LogP contribution in [-0.4, -0.2) is 41.9 Å². The van der Waals surface area contributed by atoms with Gasteiger partial charge in [0.25, 0.3) is 5.91 Å². The summed E-state index contributed by atoms with van der Waals surface area (Å²) in [6, 6.07) is 11.7. The van der Waals surface area contributed by atoms with E-state index in [2.05, 4.69) is 15.5 Å². The van der Waals surface area contributed by atoms with Crippen molar-refractivity contribution in [3.05, 3.63) is 53.2 Å². The van der Waals surface area contributed by atoms with E-state index in [4.69, 9.17) is 11.6 Å². The predicted molar refractivity (Wildman–Crippen MR) is 103 cm³/mol. The fourth-order valence-electron chi connectivity index (χ4n) is 3.17. The average molecular weight is 405 g/mol. The van der Waals surface area contributed by atoms with E-state index in [9.17, 15) is 13.2 Å². The number of carbonyl (C=O) groups is 1. The molecule has 0 unspecified atom stereocenters. The first-order valence-corrected chi connectivity index (χ1v) is 10.3. The summed E-state index contributed by atoms with van der Waals surface area (Å²) >= 11 is 6.14. The molecule has 1 aliphatic heterocycles. The molecule has 3 aromatic rings. The maximum absolute atomic E-state index is 12.8. The summed E-state index contributed by atoms with van der Waals surface area (Å²) < 4.78 is 27.0. The van der Waals surface area contributed by atoms with E-state index in [0.29, 0.717) is 24.2 Å². The number of nitrogens with zero attached hydrogens (tertiary/aromatic N) is 2. The maximum atomic E-state index is 12.8. The minimum atomic E-state index is -3.69. The van der Waals surface area contributed by atoms with Gasteiger partial charge >= 0.3 is 0 Å². The zero-order valence-corrected chi connectivity index (χ0v) is 15.8. The highest BCUT2D eigenvalue weighted by Gasteiger charge is 2.29. The van der Waals surface area contributed by atoms with Crippen molar-refractivity contribution >= 4 is 44.1 Å². The molecule has 9 heteroatoms. The number of rotatable bonds is 4. The molecule has 0 atom stereocenters. The third-order valence-electron chi connectivity index (χ3n) is 4.56. The van der Waals surface area contributed by atoms with Crippen LogP contribution in [0.4, 0.5) is 5.69 Å². The molecule has 140 valence electrons. The second kappa shape index (κ2) is 6.95. The topological polar surface area (TPSA) is 95.2 Å². The zero-order chi connectivity index (χ0) is 19.0. The van der Waals surface area contributed by atoms with Gasteiger partial charge in [0.1, 0.15) is 4.90 Å². The van der Waals surface area contributed by atoms with Crippen LogP contribution in [0.25, 0.3) is 10.9 Å². The summed E-state index contributed by atoms with van der Waals surface area (Å²) in [6.07, 6.45) is 1.67. The minimum absolute atomic E-state index is 0.00393. The van der Waals surface area contributed by atoms with Crippen molar-refractivity contribution in [2.75, 3.05) is 18.4 Å². The Kier molecular flexibility index (Phi) is 4.63. The van der Waals surface area contributed by atoms with Gasteiger partial charge in [-0.25, -0.2) is 8.42 Å². The second-order valence-electron chi connectivity index (χ2n) is 6.33. The molecule has 0 spiro atoms. The summed E-state index contributed by atoms with van der Waals surface area (Å²) in [5.74, 6) is -0.431.